The van der Waals surface area contributed by atoms with Crippen LogP contribution in [-0.2, 0) is 0 Å². The van der Waals surface area contributed by atoms with Crippen LogP contribution >= 0.6 is 0 Å². The number of rotatable bonds is 6. The SMILES string of the molecule is Cc1c(-c2cc(OC(CO)c3ccc(F)cn3)n3c(C#N)cnc3c2)nnn1C1CC2(CCN(C#N)CC2)C1. The van der Waals surface area contributed by atoms with E-state index >= 15 is 0 Å². The van der Waals surface area contributed by atoms with Crippen LogP contribution in [-0.4, -0.2) is 59.1 Å². The number of hydrogen-bond acceptors (Lipinski definition) is 9. The first-order chi connectivity index (χ1) is 18.9. The molecule has 4 aromatic heterocycles. The van der Waals surface area contributed by atoms with E-state index in [1.54, 1.807) is 10.5 Å². The first-order valence-electron chi connectivity index (χ1n) is 12.8. The van der Waals surface area contributed by atoms with E-state index in [1.165, 1.54) is 18.3 Å². The molecule has 4 aromatic rings. The van der Waals surface area contributed by atoms with E-state index in [1.807, 2.05) is 22.6 Å². The molecule has 11 nitrogen and oxygen atoms in total. The Balaban J connectivity index is 1.30. The Kier molecular flexibility index (Phi) is 6.12. The number of likely N-dealkylation sites (tertiary alicyclic amines) is 1. The van der Waals surface area contributed by atoms with Gasteiger partial charge in [0.15, 0.2) is 12.3 Å². The maximum Gasteiger partial charge on any atom is 0.201 e. The first kappa shape index (κ1) is 24.8. The summed E-state index contributed by atoms with van der Waals surface area (Å²) in [5, 5.41) is 37.8. The first-order valence-corrected chi connectivity index (χ1v) is 12.8. The fourth-order valence-corrected chi connectivity index (χ4v) is 5.85. The molecular weight excluding hydrogens is 501 g/mol. The van der Waals surface area contributed by atoms with Crippen LogP contribution < -0.4 is 4.74 Å². The molecule has 0 bridgehead atoms. The Morgan fingerprint density at radius 3 is 2.64 bits per heavy atom. The molecular formula is C27H26FN9O2. The third kappa shape index (κ3) is 4.33. The number of hydrogen-bond donors (Lipinski definition) is 1. The minimum Gasteiger partial charge on any atom is -0.466 e. The number of piperidine rings is 1. The molecule has 12 heteroatoms. The molecule has 1 atom stereocenters. The summed E-state index contributed by atoms with van der Waals surface area (Å²) in [5.74, 6) is -0.229. The molecule has 1 spiro atoms. The average Bonchev–Trinajstić information content (AvgIpc) is 3.54. The standard InChI is InChI=1S/C27H26FN9O2/c1-17-26(33-34-37(17)20-10-27(11-20)4-6-35(16-30)7-5-27)18-8-24-32-14-21(12-29)36(24)25(9-18)39-23(15-38)22-3-2-19(28)13-31-22/h2-3,8-9,13-14,20,23,38H,4-7,10-11,15H2,1H3. The van der Waals surface area contributed by atoms with Crippen molar-refractivity contribution < 1.29 is 14.2 Å². The molecule has 2 fully saturated rings. The van der Waals surface area contributed by atoms with Gasteiger partial charge in [-0.25, -0.2) is 14.1 Å². The van der Waals surface area contributed by atoms with Crippen molar-refractivity contribution in [3.05, 3.63) is 59.6 Å². The van der Waals surface area contributed by atoms with E-state index in [0.29, 0.717) is 22.6 Å². The third-order valence-electron chi connectivity index (χ3n) is 8.05. The minimum absolute atomic E-state index is 0.249. The average molecular weight is 528 g/mol. The lowest BCUT2D eigenvalue weighted by atomic mass is 9.60. The topological polar surface area (TPSA) is 141 Å². The number of imidazole rings is 1. The van der Waals surface area contributed by atoms with E-state index < -0.39 is 18.5 Å². The summed E-state index contributed by atoms with van der Waals surface area (Å²) >= 11 is 0. The van der Waals surface area contributed by atoms with Crippen LogP contribution in [0.3, 0.4) is 0 Å². The monoisotopic (exact) mass is 527 g/mol. The van der Waals surface area contributed by atoms with Gasteiger partial charge in [-0.2, -0.15) is 10.5 Å². The highest BCUT2D eigenvalue weighted by Gasteiger charge is 2.47. The van der Waals surface area contributed by atoms with Gasteiger partial charge in [-0.05, 0) is 56.2 Å². The number of ether oxygens (including phenoxy) is 1. The molecule has 1 aliphatic heterocycles. The summed E-state index contributed by atoms with van der Waals surface area (Å²) < 4.78 is 23.1. The number of nitrogens with zero attached hydrogens (tertiary/aromatic N) is 9. The fraction of sp³-hybridized carbons (Fsp3) is 0.407. The van der Waals surface area contributed by atoms with Gasteiger partial charge in [0.25, 0.3) is 0 Å². The number of aliphatic hydroxyl groups is 1. The van der Waals surface area contributed by atoms with Crippen LogP contribution in [0.15, 0.2) is 36.7 Å². The molecule has 39 heavy (non-hydrogen) atoms. The Bertz CT molecular complexity index is 1600. The normalized spacial score (nSPS) is 17.5. The number of halogens is 1. The second-order valence-corrected chi connectivity index (χ2v) is 10.3. The predicted octanol–water partition coefficient (Wildman–Crippen LogP) is 3.32. The Morgan fingerprint density at radius 2 is 1.97 bits per heavy atom. The molecule has 0 aromatic carbocycles. The van der Waals surface area contributed by atoms with Gasteiger partial charge in [0.05, 0.1) is 36.4 Å². The largest absolute Gasteiger partial charge is 0.466 e. The number of nitriles is 2. The quantitative estimate of drug-likeness (QED) is 0.374. The van der Waals surface area contributed by atoms with Gasteiger partial charge < -0.3 is 14.7 Å². The molecule has 2 aliphatic rings. The molecule has 1 saturated heterocycles. The smallest absolute Gasteiger partial charge is 0.201 e. The summed E-state index contributed by atoms with van der Waals surface area (Å²) in [6, 6.07) is 8.61. The summed E-state index contributed by atoms with van der Waals surface area (Å²) in [7, 11) is 0. The fourth-order valence-electron chi connectivity index (χ4n) is 5.85. The van der Waals surface area contributed by atoms with Gasteiger partial charge in [0.1, 0.15) is 28.9 Å². The Labute approximate surface area is 223 Å². The van der Waals surface area contributed by atoms with Crippen LogP contribution in [0.1, 0.15) is 54.9 Å². The summed E-state index contributed by atoms with van der Waals surface area (Å²) in [4.78, 5) is 10.2. The summed E-state index contributed by atoms with van der Waals surface area (Å²) in [6.07, 6.45) is 7.93. The number of fused-ring (bicyclic) bond motifs is 1. The van der Waals surface area contributed by atoms with E-state index in [-0.39, 0.29) is 23.0 Å². The molecule has 0 radical (unpaired) electrons. The number of aromatic nitrogens is 6. The molecule has 6 rings (SSSR count). The molecule has 1 N–H and O–H groups in total. The zero-order valence-electron chi connectivity index (χ0n) is 21.3. The molecule has 0 amide bonds. The lowest BCUT2D eigenvalue weighted by molar-refractivity contribution is -0.000145. The van der Waals surface area contributed by atoms with Crippen LogP contribution in [0, 0.1) is 40.9 Å². The maximum absolute atomic E-state index is 13.4. The zero-order valence-corrected chi connectivity index (χ0v) is 21.3. The van der Waals surface area contributed by atoms with Crippen molar-refractivity contribution in [2.45, 2.75) is 44.8 Å². The van der Waals surface area contributed by atoms with Crippen LogP contribution in [0.2, 0.25) is 0 Å². The molecule has 1 aliphatic carbocycles. The second-order valence-electron chi connectivity index (χ2n) is 10.3. The lowest BCUT2D eigenvalue weighted by Gasteiger charge is -2.51. The van der Waals surface area contributed by atoms with Crippen molar-refractivity contribution in [3.63, 3.8) is 0 Å². The van der Waals surface area contributed by atoms with E-state index in [9.17, 15) is 14.8 Å². The number of aliphatic hydroxyl groups excluding tert-OH is 1. The molecule has 1 unspecified atom stereocenters. The predicted molar refractivity (Wildman–Crippen MR) is 135 cm³/mol. The van der Waals surface area contributed by atoms with E-state index in [2.05, 4.69) is 32.5 Å². The Morgan fingerprint density at radius 1 is 1.18 bits per heavy atom. The van der Waals surface area contributed by atoms with E-state index in [0.717, 1.165) is 50.7 Å². The van der Waals surface area contributed by atoms with Crippen LogP contribution in [0.5, 0.6) is 5.88 Å². The highest BCUT2D eigenvalue weighted by atomic mass is 19.1. The third-order valence-corrected chi connectivity index (χ3v) is 8.05. The van der Waals surface area contributed by atoms with Gasteiger partial charge in [-0.3, -0.25) is 9.38 Å². The van der Waals surface area contributed by atoms with Crippen molar-refractivity contribution in [1.29, 1.82) is 10.5 Å². The van der Waals surface area contributed by atoms with Crippen molar-refractivity contribution in [2.24, 2.45) is 5.41 Å². The minimum atomic E-state index is -0.895. The zero-order chi connectivity index (χ0) is 27.1. The summed E-state index contributed by atoms with van der Waals surface area (Å²) in [6.45, 7) is 3.19. The van der Waals surface area contributed by atoms with Gasteiger partial charge in [0, 0.05) is 24.7 Å². The van der Waals surface area contributed by atoms with Crippen molar-refractivity contribution in [2.75, 3.05) is 19.7 Å². The summed E-state index contributed by atoms with van der Waals surface area (Å²) in [5.41, 5.74) is 3.64. The van der Waals surface area contributed by atoms with Gasteiger partial charge >= 0.3 is 0 Å². The second kappa shape index (κ2) is 9.64. The van der Waals surface area contributed by atoms with Gasteiger partial charge in [0.2, 0.25) is 5.88 Å². The lowest BCUT2D eigenvalue weighted by Crippen LogP contribution is -2.46. The van der Waals surface area contributed by atoms with E-state index in [4.69, 9.17) is 10.00 Å². The highest BCUT2D eigenvalue weighted by Crippen LogP contribution is 2.55. The highest BCUT2D eigenvalue weighted by molar-refractivity contribution is 5.68. The maximum atomic E-state index is 13.4. The van der Waals surface area contributed by atoms with Gasteiger partial charge in [-0.15, -0.1) is 5.10 Å². The molecule has 1 saturated carbocycles. The Hall–Kier alpha value is -4.55. The molecule has 198 valence electrons. The number of pyridine rings is 2. The van der Waals surface area contributed by atoms with Crippen molar-refractivity contribution in [3.8, 4) is 29.4 Å². The van der Waals surface area contributed by atoms with Crippen LogP contribution in [0.4, 0.5) is 4.39 Å². The van der Waals surface area contributed by atoms with Gasteiger partial charge in [-0.1, -0.05) is 5.21 Å². The van der Waals surface area contributed by atoms with Crippen molar-refractivity contribution in [1.82, 2.24) is 34.3 Å². The van der Waals surface area contributed by atoms with Crippen LogP contribution in [0.25, 0.3) is 16.9 Å². The van der Waals surface area contributed by atoms with Crippen molar-refractivity contribution >= 4 is 5.65 Å². The molecule has 5 heterocycles.